The minimum absolute atomic E-state index is 0. The minimum atomic E-state index is -0.117. The number of para-hydroxylation sites is 1. The molecule has 0 spiro atoms. The Morgan fingerprint density at radius 3 is 2.71 bits per heavy atom. The van der Waals surface area contributed by atoms with Gasteiger partial charge in [0.2, 0.25) is 0 Å². The van der Waals surface area contributed by atoms with E-state index in [9.17, 15) is 4.79 Å². The summed E-state index contributed by atoms with van der Waals surface area (Å²) in [6.45, 7) is 2.78. The van der Waals surface area contributed by atoms with E-state index in [0.29, 0.717) is 12.1 Å². The molecule has 0 aliphatic heterocycles. The first kappa shape index (κ1) is 22.2. The van der Waals surface area contributed by atoms with Gasteiger partial charge in [-0.25, -0.2) is 9.97 Å². The molecule has 0 saturated heterocycles. The summed E-state index contributed by atoms with van der Waals surface area (Å²) >= 11 is 0. The molecule has 3 aromatic heterocycles. The fourth-order valence-electron chi connectivity index (χ4n) is 3.52. The molecule has 160 valence electrons. The van der Waals surface area contributed by atoms with Gasteiger partial charge in [-0.1, -0.05) is 25.1 Å². The number of nitrogens with one attached hydrogen (secondary N) is 2. The average molecular weight is 436 g/mol. The summed E-state index contributed by atoms with van der Waals surface area (Å²) in [5, 5.41) is 11.1. The molecular weight excluding hydrogens is 410 g/mol. The molecule has 3 heterocycles. The smallest absolute Gasteiger partial charge is 0.251 e. The summed E-state index contributed by atoms with van der Waals surface area (Å²) in [7, 11) is 3.51. The zero-order valence-corrected chi connectivity index (χ0v) is 18.6. The van der Waals surface area contributed by atoms with Gasteiger partial charge < -0.3 is 10.6 Å². The molecule has 0 aliphatic rings. The number of benzene rings is 1. The Labute approximate surface area is 187 Å². The van der Waals surface area contributed by atoms with E-state index in [0.717, 1.165) is 33.7 Å². The number of aromatic nitrogens is 5. The van der Waals surface area contributed by atoms with Crippen molar-refractivity contribution in [3.05, 3.63) is 66.2 Å². The number of anilines is 1. The summed E-state index contributed by atoms with van der Waals surface area (Å²) in [4.78, 5) is 25.4. The van der Waals surface area contributed by atoms with Crippen molar-refractivity contribution in [3.8, 4) is 11.4 Å². The SMILES string of the molecule is CNC(=O)c1ccnc2c([C@H](C)CNc3cc(-c4ccnn4C)ncn3)cccc12.S. The van der Waals surface area contributed by atoms with Crippen LogP contribution in [0.5, 0.6) is 0 Å². The normalized spacial score (nSPS) is 11.6. The molecule has 0 bridgehead atoms. The highest BCUT2D eigenvalue weighted by molar-refractivity contribution is 7.59. The number of rotatable bonds is 6. The van der Waals surface area contributed by atoms with Gasteiger partial charge in [0, 0.05) is 50.4 Å². The summed E-state index contributed by atoms with van der Waals surface area (Å²) < 4.78 is 1.78. The van der Waals surface area contributed by atoms with Crippen LogP contribution in [0.4, 0.5) is 5.82 Å². The fourth-order valence-corrected chi connectivity index (χ4v) is 3.52. The van der Waals surface area contributed by atoms with Crippen LogP contribution in [0.25, 0.3) is 22.3 Å². The quantitative estimate of drug-likeness (QED) is 0.483. The van der Waals surface area contributed by atoms with Crippen molar-refractivity contribution in [1.29, 1.82) is 0 Å². The van der Waals surface area contributed by atoms with E-state index in [1.54, 1.807) is 36.5 Å². The zero-order valence-electron chi connectivity index (χ0n) is 17.6. The van der Waals surface area contributed by atoms with E-state index < -0.39 is 0 Å². The third-order valence-electron chi connectivity index (χ3n) is 5.14. The Kier molecular flexibility index (Phi) is 6.86. The number of aryl methyl sites for hydroxylation is 1. The van der Waals surface area contributed by atoms with Gasteiger partial charge in [0.25, 0.3) is 5.91 Å². The second-order valence-electron chi connectivity index (χ2n) is 7.09. The molecule has 8 nitrogen and oxygen atoms in total. The number of carbonyl (C=O) groups is 1. The maximum atomic E-state index is 12.2. The van der Waals surface area contributed by atoms with Crippen molar-refractivity contribution in [2.75, 3.05) is 18.9 Å². The Morgan fingerprint density at radius 1 is 1.13 bits per heavy atom. The molecule has 1 aromatic carbocycles. The Hall–Kier alpha value is -3.46. The highest BCUT2D eigenvalue weighted by atomic mass is 32.1. The zero-order chi connectivity index (χ0) is 21.1. The van der Waals surface area contributed by atoms with Crippen LogP contribution in [0.2, 0.25) is 0 Å². The van der Waals surface area contributed by atoms with E-state index in [4.69, 9.17) is 0 Å². The van der Waals surface area contributed by atoms with Crippen LogP contribution >= 0.6 is 13.5 Å². The van der Waals surface area contributed by atoms with Crippen molar-refractivity contribution < 1.29 is 4.79 Å². The number of hydrogen-bond acceptors (Lipinski definition) is 6. The maximum absolute atomic E-state index is 12.2. The summed E-state index contributed by atoms with van der Waals surface area (Å²) in [6.07, 6.45) is 4.97. The Morgan fingerprint density at radius 2 is 1.97 bits per heavy atom. The first-order chi connectivity index (χ1) is 14.6. The van der Waals surface area contributed by atoms with Crippen LogP contribution in [0.15, 0.2) is 55.1 Å². The average Bonchev–Trinajstić information content (AvgIpc) is 3.22. The number of amides is 1. The first-order valence-electron chi connectivity index (χ1n) is 9.72. The number of hydrogen-bond donors (Lipinski definition) is 2. The third kappa shape index (κ3) is 4.51. The molecule has 9 heteroatoms. The van der Waals surface area contributed by atoms with Crippen LogP contribution in [0.1, 0.15) is 28.8 Å². The van der Waals surface area contributed by atoms with E-state index >= 15 is 0 Å². The standard InChI is InChI=1S/C22H23N7O.H2S/c1-14(12-25-20-11-18(26-13-27-20)19-8-10-28-29(19)3)15-5-4-6-16-17(22(30)23-2)7-9-24-21(15)16;/h4-11,13-14H,12H2,1-3H3,(H,23,30)(H,25,26,27);1H2/t14-;/m1./s1. The highest BCUT2D eigenvalue weighted by Gasteiger charge is 2.15. The number of nitrogens with zero attached hydrogens (tertiary/aromatic N) is 5. The minimum Gasteiger partial charge on any atom is -0.369 e. The molecule has 0 unspecified atom stereocenters. The molecule has 0 fully saturated rings. The van der Waals surface area contributed by atoms with Gasteiger partial charge >= 0.3 is 0 Å². The maximum Gasteiger partial charge on any atom is 0.251 e. The topological polar surface area (TPSA) is 97.6 Å². The number of carbonyl (C=O) groups excluding carboxylic acids is 1. The van der Waals surface area contributed by atoms with Gasteiger partial charge in [0.15, 0.2) is 0 Å². The van der Waals surface area contributed by atoms with E-state index in [-0.39, 0.29) is 25.3 Å². The van der Waals surface area contributed by atoms with Gasteiger partial charge in [-0.15, -0.1) is 0 Å². The molecule has 31 heavy (non-hydrogen) atoms. The first-order valence-corrected chi connectivity index (χ1v) is 9.72. The monoisotopic (exact) mass is 435 g/mol. The van der Waals surface area contributed by atoms with E-state index in [2.05, 4.69) is 43.7 Å². The van der Waals surface area contributed by atoms with Crippen LogP contribution in [0, 0.1) is 0 Å². The van der Waals surface area contributed by atoms with E-state index in [1.807, 2.05) is 31.3 Å². The van der Waals surface area contributed by atoms with Gasteiger partial charge in [0.1, 0.15) is 12.1 Å². The van der Waals surface area contributed by atoms with Crippen molar-refractivity contribution in [2.24, 2.45) is 7.05 Å². The summed E-state index contributed by atoms with van der Waals surface area (Å²) in [6, 6.07) is 11.5. The Balaban J connectivity index is 0.00000272. The lowest BCUT2D eigenvalue weighted by molar-refractivity contribution is 0.0964. The van der Waals surface area contributed by atoms with E-state index in [1.165, 1.54) is 0 Å². The van der Waals surface area contributed by atoms with Gasteiger partial charge in [0.05, 0.1) is 22.5 Å². The third-order valence-corrected chi connectivity index (χ3v) is 5.14. The predicted octanol–water partition coefficient (Wildman–Crippen LogP) is 3.11. The molecule has 1 amide bonds. The lowest BCUT2D eigenvalue weighted by Gasteiger charge is -2.16. The second-order valence-corrected chi connectivity index (χ2v) is 7.09. The molecule has 0 aliphatic carbocycles. The highest BCUT2D eigenvalue weighted by Crippen LogP contribution is 2.27. The lowest BCUT2D eigenvalue weighted by Crippen LogP contribution is -2.18. The van der Waals surface area contributed by atoms with Crippen molar-refractivity contribution in [1.82, 2.24) is 30.0 Å². The molecule has 4 rings (SSSR count). The molecule has 0 saturated carbocycles. The lowest BCUT2D eigenvalue weighted by atomic mass is 9.96. The number of pyridine rings is 1. The molecule has 4 aromatic rings. The van der Waals surface area contributed by atoms with Gasteiger partial charge in [-0.2, -0.15) is 18.6 Å². The summed E-state index contributed by atoms with van der Waals surface area (Å²) in [5.74, 6) is 0.776. The van der Waals surface area contributed by atoms with Crippen LogP contribution in [-0.2, 0) is 7.05 Å². The van der Waals surface area contributed by atoms with Gasteiger partial charge in [-0.3, -0.25) is 14.5 Å². The Bertz CT molecular complexity index is 1210. The van der Waals surface area contributed by atoms with Crippen molar-refractivity contribution >= 4 is 36.1 Å². The van der Waals surface area contributed by atoms with Gasteiger partial charge in [-0.05, 0) is 17.7 Å². The molecule has 2 N–H and O–H groups in total. The predicted molar refractivity (Wildman–Crippen MR) is 127 cm³/mol. The van der Waals surface area contributed by atoms with Crippen LogP contribution < -0.4 is 10.6 Å². The number of fused-ring (bicyclic) bond motifs is 1. The molecule has 0 radical (unpaired) electrons. The fraction of sp³-hybridized carbons (Fsp3) is 0.227. The van der Waals surface area contributed by atoms with Crippen LogP contribution in [-0.4, -0.2) is 44.2 Å². The molecular formula is C22H25N7OS. The second kappa shape index (κ2) is 9.57. The van der Waals surface area contributed by atoms with Crippen molar-refractivity contribution in [2.45, 2.75) is 12.8 Å². The molecule has 1 atom stereocenters. The van der Waals surface area contributed by atoms with Crippen LogP contribution in [0.3, 0.4) is 0 Å². The summed E-state index contributed by atoms with van der Waals surface area (Å²) in [5.41, 5.74) is 4.27. The largest absolute Gasteiger partial charge is 0.369 e. The van der Waals surface area contributed by atoms with Crippen molar-refractivity contribution in [3.63, 3.8) is 0 Å².